The van der Waals surface area contributed by atoms with Crippen molar-refractivity contribution < 1.29 is 9.53 Å². The summed E-state index contributed by atoms with van der Waals surface area (Å²) in [6.07, 6.45) is -0.677. The highest BCUT2D eigenvalue weighted by molar-refractivity contribution is 9.10. The number of rotatable bonds is 2. The Morgan fingerprint density at radius 2 is 1.59 bits per heavy atom. The minimum absolute atomic E-state index is 0.269. The molecular weight excluding hydrogens is 412 g/mol. The minimum atomic E-state index is -0.677. The molecule has 0 saturated heterocycles. The average molecular weight is 424 g/mol. The Morgan fingerprint density at radius 1 is 1.00 bits per heavy atom. The number of amides is 1. The van der Waals surface area contributed by atoms with E-state index in [1.54, 1.807) is 6.07 Å². The first-order chi connectivity index (χ1) is 10.3. The molecule has 7 heteroatoms. The molecule has 116 valence electrons. The second kappa shape index (κ2) is 7.09. The van der Waals surface area contributed by atoms with E-state index in [9.17, 15) is 4.79 Å². The summed E-state index contributed by atoms with van der Waals surface area (Å²) in [5.74, 6) is 0.414. The smallest absolute Gasteiger partial charge is 0.409 e. The van der Waals surface area contributed by atoms with Gasteiger partial charge in [-0.2, -0.15) is 0 Å². The number of carbonyl (C=O) groups excluding carboxylic acids is 1. The molecule has 0 atom stereocenters. The van der Waals surface area contributed by atoms with Crippen molar-refractivity contribution in [3.05, 3.63) is 54.9 Å². The van der Waals surface area contributed by atoms with Crippen LogP contribution in [0, 0.1) is 13.8 Å². The van der Waals surface area contributed by atoms with Gasteiger partial charge in [0.15, 0.2) is 0 Å². The number of ether oxygens (including phenoxy) is 1. The van der Waals surface area contributed by atoms with Crippen molar-refractivity contribution in [2.45, 2.75) is 13.8 Å². The second-order valence-electron chi connectivity index (χ2n) is 4.63. The summed E-state index contributed by atoms with van der Waals surface area (Å²) < 4.78 is 5.96. The summed E-state index contributed by atoms with van der Waals surface area (Å²) >= 11 is 21.1. The third-order valence-corrected chi connectivity index (χ3v) is 4.65. The quantitative estimate of drug-likeness (QED) is 0.550. The summed E-state index contributed by atoms with van der Waals surface area (Å²) in [6, 6.07) is 6.56. The molecule has 2 aromatic carbocycles. The molecule has 0 aromatic heterocycles. The van der Waals surface area contributed by atoms with Gasteiger partial charge in [0, 0.05) is 0 Å². The third-order valence-electron chi connectivity index (χ3n) is 3.00. The highest BCUT2D eigenvalue weighted by atomic mass is 79.9. The van der Waals surface area contributed by atoms with Crippen LogP contribution in [-0.4, -0.2) is 6.09 Å². The Bertz CT molecular complexity index is 689. The van der Waals surface area contributed by atoms with Gasteiger partial charge in [-0.1, -0.05) is 34.8 Å². The summed E-state index contributed by atoms with van der Waals surface area (Å²) in [4.78, 5) is 12.0. The van der Waals surface area contributed by atoms with E-state index in [-0.39, 0.29) is 10.0 Å². The SMILES string of the molecule is Cc1cc(Br)c(OC(=O)Nc2cc(Cl)c(Cl)cc2Cl)cc1C. The van der Waals surface area contributed by atoms with Crippen LogP contribution in [0.1, 0.15) is 11.1 Å². The summed E-state index contributed by atoms with van der Waals surface area (Å²) in [5, 5.41) is 3.39. The number of benzene rings is 2. The molecule has 1 amide bonds. The minimum Gasteiger partial charge on any atom is -0.409 e. The Kier molecular flexibility index (Phi) is 5.61. The van der Waals surface area contributed by atoms with Gasteiger partial charge in [0.25, 0.3) is 0 Å². The van der Waals surface area contributed by atoms with E-state index >= 15 is 0 Å². The van der Waals surface area contributed by atoms with Gasteiger partial charge in [-0.05, 0) is 65.2 Å². The van der Waals surface area contributed by atoms with Crippen LogP contribution in [0.5, 0.6) is 5.75 Å². The highest BCUT2D eigenvalue weighted by Gasteiger charge is 2.13. The molecule has 1 N–H and O–H groups in total. The van der Waals surface area contributed by atoms with Gasteiger partial charge in [-0.3, -0.25) is 5.32 Å². The van der Waals surface area contributed by atoms with Gasteiger partial charge in [-0.15, -0.1) is 0 Å². The molecule has 0 aliphatic carbocycles. The molecule has 0 aliphatic rings. The molecule has 0 radical (unpaired) electrons. The first kappa shape index (κ1) is 17.4. The molecule has 0 fully saturated rings. The average Bonchev–Trinajstić information content (AvgIpc) is 2.42. The largest absolute Gasteiger partial charge is 0.417 e. The Morgan fingerprint density at radius 3 is 2.27 bits per heavy atom. The lowest BCUT2D eigenvalue weighted by molar-refractivity contribution is 0.215. The van der Waals surface area contributed by atoms with Crippen molar-refractivity contribution in [3.63, 3.8) is 0 Å². The number of hydrogen-bond donors (Lipinski definition) is 1. The normalized spacial score (nSPS) is 10.5. The fourth-order valence-electron chi connectivity index (χ4n) is 1.69. The molecule has 0 aliphatic heterocycles. The maximum atomic E-state index is 12.0. The molecule has 0 bridgehead atoms. The van der Waals surface area contributed by atoms with E-state index in [2.05, 4.69) is 21.2 Å². The summed E-state index contributed by atoms with van der Waals surface area (Å²) in [5.41, 5.74) is 2.42. The van der Waals surface area contributed by atoms with Crippen molar-refractivity contribution >= 4 is 62.5 Å². The molecule has 0 spiro atoms. The van der Waals surface area contributed by atoms with Gasteiger partial charge in [0.2, 0.25) is 0 Å². The van der Waals surface area contributed by atoms with Gasteiger partial charge < -0.3 is 4.74 Å². The van der Waals surface area contributed by atoms with Crippen molar-refractivity contribution in [1.29, 1.82) is 0 Å². The molecule has 0 heterocycles. The number of nitrogens with one attached hydrogen (secondary N) is 1. The standard InChI is InChI=1S/C15H11BrCl3NO2/c1-7-3-9(16)14(4-8(7)2)22-15(21)20-13-6-11(18)10(17)5-12(13)19/h3-6H,1-2H3,(H,20,21). The van der Waals surface area contributed by atoms with E-state index in [0.29, 0.717) is 20.9 Å². The Hall–Kier alpha value is -0.940. The van der Waals surface area contributed by atoms with E-state index < -0.39 is 6.09 Å². The van der Waals surface area contributed by atoms with Crippen LogP contribution in [0.4, 0.5) is 10.5 Å². The van der Waals surface area contributed by atoms with Crippen LogP contribution in [-0.2, 0) is 0 Å². The summed E-state index contributed by atoms with van der Waals surface area (Å²) in [7, 11) is 0. The third kappa shape index (κ3) is 4.07. The lowest BCUT2D eigenvalue weighted by atomic mass is 10.1. The molecular formula is C15H11BrCl3NO2. The van der Waals surface area contributed by atoms with Crippen LogP contribution < -0.4 is 10.1 Å². The lowest BCUT2D eigenvalue weighted by Gasteiger charge is -2.11. The molecule has 22 heavy (non-hydrogen) atoms. The van der Waals surface area contributed by atoms with E-state index in [0.717, 1.165) is 11.1 Å². The number of halogens is 4. The van der Waals surface area contributed by atoms with Crippen LogP contribution in [0.25, 0.3) is 0 Å². The van der Waals surface area contributed by atoms with Crippen LogP contribution in [0.2, 0.25) is 15.1 Å². The first-order valence-electron chi connectivity index (χ1n) is 6.18. The summed E-state index contributed by atoms with van der Waals surface area (Å²) in [6.45, 7) is 3.90. The molecule has 2 rings (SSSR count). The van der Waals surface area contributed by atoms with Crippen molar-refractivity contribution in [2.75, 3.05) is 5.32 Å². The number of carbonyl (C=O) groups is 1. The molecule has 3 nitrogen and oxygen atoms in total. The zero-order valence-electron chi connectivity index (χ0n) is 11.6. The number of anilines is 1. The Balaban J connectivity index is 2.17. The predicted octanol–water partition coefficient (Wildman–Crippen LogP) is 6.64. The lowest BCUT2D eigenvalue weighted by Crippen LogP contribution is -2.17. The fourth-order valence-corrected chi connectivity index (χ4v) is 2.82. The molecule has 0 unspecified atom stereocenters. The van der Waals surface area contributed by atoms with Crippen LogP contribution in [0.3, 0.4) is 0 Å². The van der Waals surface area contributed by atoms with E-state index in [1.807, 2.05) is 19.9 Å². The van der Waals surface area contributed by atoms with Gasteiger partial charge in [0.05, 0.1) is 25.2 Å². The van der Waals surface area contributed by atoms with Gasteiger partial charge in [-0.25, -0.2) is 4.79 Å². The number of hydrogen-bond acceptors (Lipinski definition) is 2. The van der Waals surface area contributed by atoms with Crippen molar-refractivity contribution in [3.8, 4) is 5.75 Å². The zero-order chi connectivity index (χ0) is 16.4. The molecule has 0 saturated carbocycles. The van der Waals surface area contributed by atoms with E-state index in [4.69, 9.17) is 39.5 Å². The number of aryl methyl sites for hydroxylation is 2. The monoisotopic (exact) mass is 421 g/mol. The van der Waals surface area contributed by atoms with E-state index in [1.165, 1.54) is 12.1 Å². The second-order valence-corrected chi connectivity index (χ2v) is 6.70. The maximum Gasteiger partial charge on any atom is 0.417 e. The predicted molar refractivity (Wildman–Crippen MR) is 94.7 cm³/mol. The maximum absolute atomic E-state index is 12.0. The van der Waals surface area contributed by atoms with Crippen molar-refractivity contribution in [1.82, 2.24) is 0 Å². The first-order valence-corrected chi connectivity index (χ1v) is 8.10. The Labute approximate surface area is 151 Å². The van der Waals surface area contributed by atoms with Crippen LogP contribution in [0.15, 0.2) is 28.7 Å². The highest BCUT2D eigenvalue weighted by Crippen LogP contribution is 2.33. The topological polar surface area (TPSA) is 38.3 Å². The fraction of sp³-hybridized carbons (Fsp3) is 0.133. The van der Waals surface area contributed by atoms with Gasteiger partial charge in [0.1, 0.15) is 5.75 Å². The molecule has 2 aromatic rings. The van der Waals surface area contributed by atoms with Gasteiger partial charge >= 0.3 is 6.09 Å². The van der Waals surface area contributed by atoms with Crippen LogP contribution >= 0.6 is 50.7 Å². The zero-order valence-corrected chi connectivity index (χ0v) is 15.5. The van der Waals surface area contributed by atoms with Crippen molar-refractivity contribution in [2.24, 2.45) is 0 Å².